The van der Waals surface area contributed by atoms with Crippen LogP contribution in [0, 0.1) is 5.92 Å². The Kier molecular flexibility index (Phi) is 5.00. The molecule has 0 atom stereocenters. The summed E-state index contributed by atoms with van der Waals surface area (Å²) in [6.07, 6.45) is 6.28. The zero-order chi connectivity index (χ0) is 16.1. The second-order valence-electron chi connectivity index (χ2n) is 6.27. The Labute approximate surface area is 136 Å². The molecule has 1 aromatic rings. The molecule has 2 aliphatic rings. The number of carbonyl (C=O) groups is 2. The molecule has 1 aliphatic heterocycles. The third-order valence-electron chi connectivity index (χ3n) is 4.55. The van der Waals surface area contributed by atoms with E-state index in [1.54, 1.807) is 4.90 Å². The van der Waals surface area contributed by atoms with Crippen LogP contribution in [0.15, 0.2) is 24.3 Å². The molecule has 124 valence electrons. The van der Waals surface area contributed by atoms with Crippen molar-refractivity contribution in [2.45, 2.75) is 32.1 Å². The summed E-state index contributed by atoms with van der Waals surface area (Å²) < 4.78 is 0. The zero-order valence-corrected chi connectivity index (χ0v) is 13.3. The van der Waals surface area contributed by atoms with Crippen molar-refractivity contribution in [3.8, 4) is 0 Å². The van der Waals surface area contributed by atoms with Crippen LogP contribution in [0.25, 0.3) is 0 Å². The number of anilines is 2. The minimum atomic E-state index is -0.182. The lowest BCUT2D eigenvalue weighted by Gasteiger charge is -2.22. The fourth-order valence-corrected chi connectivity index (χ4v) is 3.27. The van der Waals surface area contributed by atoms with Crippen molar-refractivity contribution in [1.82, 2.24) is 10.6 Å². The highest BCUT2D eigenvalue weighted by molar-refractivity contribution is 5.95. The summed E-state index contributed by atoms with van der Waals surface area (Å²) in [6, 6.07) is 7.10. The van der Waals surface area contributed by atoms with Crippen molar-refractivity contribution in [1.29, 1.82) is 0 Å². The molecule has 2 fully saturated rings. The number of rotatable bonds is 4. The molecular weight excluding hydrogens is 292 g/mol. The Morgan fingerprint density at radius 1 is 1.26 bits per heavy atom. The van der Waals surface area contributed by atoms with Gasteiger partial charge in [-0.1, -0.05) is 25.3 Å². The van der Waals surface area contributed by atoms with Crippen molar-refractivity contribution in [2.24, 2.45) is 5.92 Å². The average Bonchev–Trinajstić information content (AvgIpc) is 3.00. The molecule has 0 spiro atoms. The second kappa shape index (κ2) is 7.35. The van der Waals surface area contributed by atoms with Crippen LogP contribution in [0.5, 0.6) is 0 Å². The van der Waals surface area contributed by atoms with E-state index in [1.807, 2.05) is 24.3 Å². The first-order chi connectivity index (χ1) is 11.2. The predicted octanol–water partition coefficient (Wildman–Crippen LogP) is 2.92. The van der Waals surface area contributed by atoms with Crippen LogP contribution in [-0.2, 0) is 0 Å². The van der Waals surface area contributed by atoms with Crippen molar-refractivity contribution < 1.29 is 9.59 Å². The molecular formula is C17H24N4O2. The molecule has 0 bridgehead atoms. The maximum Gasteiger partial charge on any atom is 0.321 e. The van der Waals surface area contributed by atoms with E-state index in [4.69, 9.17) is 0 Å². The van der Waals surface area contributed by atoms with Gasteiger partial charge in [0.1, 0.15) is 0 Å². The average molecular weight is 316 g/mol. The zero-order valence-electron chi connectivity index (χ0n) is 13.3. The Morgan fingerprint density at radius 3 is 2.83 bits per heavy atom. The maximum absolute atomic E-state index is 12.0. The number of amides is 4. The van der Waals surface area contributed by atoms with Gasteiger partial charge in [-0.2, -0.15) is 0 Å². The number of hydrogen-bond donors (Lipinski definition) is 3. The van der Waals surface area contributed by atoms with Crippen LogP contribution in [0.3, 0.4) is 0 Å². The highest BCUT2D eigenvalue weighted by Gasteiger charge is 2.21. The Hall–Kier alpha value is -2.24. The summed E-state index contributed by atoms with van der Waals surface area (Å²) in [7, 11) is 0. The van der Waals surface area contributed by atoms with Gasteiger partial charge in [-0.25, -0.2) is 9.59 Å². The van der Waals surface area contributed by atoms with Crippen LogP contribution in [0.1, 0.15) is 32.1 Å². The molecule has 1 aliphatic carbocycles. The van der Waals surface area contributed by atoms with Gasteiger partial charge in [0.15, 0.2) is 0 Å². The third kappa shape index (κ3) is 4.15. The standard InChI is InChI=1S/C17H24N4O2/c22-16(19-12-13-5-2-1-3-6-13)20-14-7-4-8-15(11-14)21-10-9-18-17(21)23/h4,7-8,11,13H,1-3,5-6,9-10,12H2,(H,18,23)(H2,19,20,22). The normalized spacial score (nSPS) is 18.6. The number of urea groups is 2. The smallest absolute Gasteiger partial charge is 0.321 e. The maximum atomic E-state index is 12.0. The highest BCUT2D eigenvalue weighted by atomic mass is 16.2. The van der Waals surface area contributed by atoms with Crippen LogP contribution < -0.4 is 20.9 Å². The van der Waals surface area contributed by atoms with Crippen molar-refractivity contribution >= 4 is 23.4 Å². The van der Waals surface area contributed by atoms with Gasteiger partial charge < -0.3 is 16.0 Å². The second-order valence-corrected chi connectivity index (χ2v) is 6.27. The van der Waals surface area contributed by atoms with Crippen LogP contribution in [0.2, 0.25) is 0 Å². The Balaban J connectivity index is 1.52. The molecule has 6 heteroatoms. The first kappa shape index (κ1) is 15.6. The van der Waals surface area contributed by atoms with Gasteiger partial charge in [-0.3, -0.25) is 4.90 Å². The highest BCUT2D eigenvalue weighted by Crippen LogP contribution is 2.23. The largest absolute Gasteiger partial charge is 0.338 e. The van der Waals surface area contributed by atoms with Gasteiger partial charge >= 0.3 is 12.1 Å². The molecule has 1 heterocycles. The van der Waals surface area contributed by atoms with Gasteiger partial charge in [-0.05, 0) is 37.0 Å². The molecule has 0 unspecified atom stereocenters. The molecule has 3 N–H and O–H groups in total. The first-order valence-corrected chi connectivity index (χ1v) is 8.42. The third-order valence-corrected chi connectivity index (χ3v) is 4.55. The van der Waals surface area contributed by atoms with Gasteiger partial charge in [0.2, 0.25) is 0 Å². The summed E-state index contributed by atoms with van der Waals surface area (Å²) in [5, 5.41) is 8.58. The van der Waals surface area contributed by atoms with Gasteiger partial charge in [0.25, 0.3) is 0 Å². The molecule has 6 nitrogen and oxygen atoms in total. The van der Waals surface area contributed by atoms with Crippen molar-refractivity contribution in [3.63, 3.8) is 0 Å². The topological polar surface area (TPSA) is 73.5 Å². The van der Waals surface area contributed by atoms with E-state index in [0.717, 1.165) is 12.2 Å². The number of hydrogen-bond acceptors (Lipinski definition) is 2. The SMILES string of the molecule is O=C(NCC1CCCCC1)Nc1cccc(N2CCNC2=O)c1. The van der Waals surface area contributed by atoms with Gasteiger partial charge in [0, 0.05) is 31.0 Å². The van der Waals surface area contributed by atoms with Gasteiger partial charge in [0.05, 0.1) is 0 Å². The fraction of sp³-hybridized carbons (Fsp3) is 0.529. The minimum absolute atomic E-state index is 0.0936. The van der Waals surface area contributed by atoms with E-state index in [1.165, 1.54) is 32.1 Å². The molecule has 1 saturated heterocycles. The van der Waals surface area contributed by atoms with E-state index in [9.17, 15) is 9.59 Å². The summed E-state index contributed by atoms with van der Waals surface area (Å²) >= 11 is 0. The van der Waals surface area contributed by atoms with E-state index in [-0.39, 0.29) is 12.1 Å². The molecule has 23 heavy (non-hydrogen) atoms. The monoisotopic (exact) mass is 316 g/mol. The summed E-state index contributed by atoms with van der Waals surface area (Å²) in [4.78, 5) is 25.4. The predicted molar refractivity (Wildman–Crippen MR) is 90.8 cm³/mol. The van der Waals surface area contributed by atoms with Gasteiger partial charge in [-0.15, -0.1) is 0 Å². The summed E-state index contributed by atoms with van der Waals surface area (Å²) in [6.45, 7) is 2.04. The lowest BCUT2D eigenvalue weighted by molar-refractivity contribution is 0.247. The van der Waals surface area contributed by atoms with E-state index >= 15 is 0 Å². The van der Waals surface area contributed by atoms with E-state index in [0.29, 0.717) is 24.7 Å². The fourth-order valence-electron chi connectivity index (χ4n) is 3.27. The Morgan fingerprint density at radius 2 is 2.09 bits per heavy atom. The number of carbonyl (C=O) groups excluding carboxylic acids is 2. The van der Waals surface area contributed by atoms with E-state index in [2.05, 4.69) is 16.0 Å². The minimum Gasteiger partial charge on any atom is -0.338 e. The summed E-state index contributed by atoms with van der Waals surface area (Å²) in [5.74, 6) is 0.606. The molecule has 3 rings (SSSR count). The van der Waals surface area contributed by atoms with Crippen molar-refractivity contribution in [2.75, 3.05) is 29.9 Å². The van der Waals surface area contributed by atoms with Crippen LogP contribution in [0.4, 0.5) is 21.0 Å². The number of nitrogens with one attached hydrogen (secondary N) is 3. The van der Waals surface area contributed by atoms with Crippen LogP contribution in [-0.4, -0.2) is 31.7 Å². The molecule has 0 radical (unpaired) electrons. The van der Waals surface area contributed by atoms with E-state index < -0.39 is 0 Å². The summed E-state index contributed by atoms with van der Waals surface area (Å²) in [5.41, 5.74) is 1.49. The number of nitrogens with zero attached hydrogens (tertiary/aromatic N) is 1. The number of benzene rings is 1. The first-order valence-electron chi connectivity index (χ1n) is 8.42. The van der Waals surface area contributed by atoms with Crippen LogP contribution >= 0.6 is 0 Å². The van der Waals surface area contributed by atoms with Crippen molar-refractivity contribution in [3.05, 3.63) is 24.3 Å². The molecule has 1 aromatic carbocycles. The molecule has 4 amide bonds. The lowest BCUT2D eigenvalue weighted by atomic mass is 9.89. The lowest BCUT2D eigenvalue weighted by Crippen LogP contribution is -2.33. The molecule has 0 aromatic heterocycles. The molecule has 1 saturated carbocycles. The quantitative estimate of drug-likeness (QED) is 0.799. The Bertz CT molecular complexity index is 569.